The molecule has 0 atom stereocenters. The maximum Gasteiger partial charge on any atom is 0.141 e. The molecule has 0 aromatic heterocycles. The fourth-order valence-corrected chi connectivity index (χ4v) is 1.04. The van der Waals surface area contributed by atoms with Crippen LogP contribution in [0, 0.1) is 23.5 Å². The molecule has 0 amide bonds. The van der Waals surface area contributed by atoms with Gasteiger partial charge in [0.05, 0.1) is 5.56 Å². The first-order valence-electron chi connectivity index (χ1n) is 4.24. The summed E-state index contributed by atoms with van der Waals surface area (Å²) in [6.45, 7) is 0. The molecule has 0 unspecified atom stereocenters. The lowest BCUT2D eigenvalue weighted by molar-refractivity contribution is 0.581. The average molecular weight is 215 g/mol. The summed E-state index contributed by atoms with van der Waals surface area (Å²) >= 11 is 5.44. The van der Waals surface area contributed by atoms with Gasteiger partial charge >= 0.3 is 0 Å². The van der Waals surface area contributed by atoms with Crippen molar-refractivity contribution in [1.82, 2.24) is 0 Å². The minimum Gasteiger partial charge on any atom is -0.207 e. The van der Waals surface area contributed by atoms with E-state index in [0.717, 1.165) is 12.5 Å². The molecule has 0 bridgehead atoms. The molecule has 0 saturated carbocycles. The molecule has 0 aliphatic heterocycles. The quantitative estimate of drug-likeness (QED) is 0.403. The van der Waals surface area contributed by atoms with Gasteiger partial charge < -0.3 is 0 Å². The van der Waals surface area contributed by atoms with Crippen LogP contribution in [0.5, 0.6) is 0 Å². The third-order valence-electron chi connectivity index (χ3n) is 1.59. The van der Waals surface area contributed by atoms with Gasteiger partial charge in [0, 0.05) is 18.4 Å². The van der Waals surface area contributed by atoms with Crippen LogP contribution in [-0.2, 0) is 0 Å². The smallest absolute Gasteiger partial charge is 0.141 e. The minimum atomic E-state index is -0.622. The number of hydrogen-bond donors (Lipinski definition) is 0. The van der Waals surface area contributed by atoms with E-state index in [2.05, 4.69) is 11.8 Å². The van der Waals surface area contributed by atoms with Crippen molar-refractivity contribution < 1.29 is 8.78 Å². The monoisotopic (exact) mass is 214 g/mol. The van der Waals surface area contributed by atoms with Gasteiger partial charge in [0.1, 0.15) is 11.6 Å². The fraction of sp³-hybridized carbons (Fsp3) is 0.273. The Labute approximate surface area is 86.9 Å². The van der Waals surface area contributed by atoms with E-state index in [1.165, 1.54) is 12.1 Å². The highest BCUT2D eigenvalue weighted by atomic mass is 35.5. The lowest BCUT2D eigenvalue weighted by Gasteiger charge is -1.93. The van der Waals surface area contributed by atoms with Gasteiger partial charge in [0.15, 0.2) is 0 Å². The SMILES string of the molecule is Fc1ccc(C#CCCCCl)c(F)c1. The first kappa shape index (κ1) is 11.0. The van der Waals surface area contributed by atoms with Crippen molar-refractivity contribution in [2.75, 3.05) is 5.88 Å². The molecule has 0 N–H and O–H groups in total. The molecule has 0 saturated heterocycles. The molecule has 0 aliphatic carbocycles. The van der Waals surface area contributed by atoms with Gasteiger partial charge in [-0.1, -0.05) is 11.8 Å². The zero-order valence-corrected chi connectivity index (χ0v) is 8.24. The molecule has 14 heavy (non-hydrogen) atoms. The molecule has 74 valence electrons. The number of unbranched alkanes of at least 4 members (excludes halogenated alkanes) is 1. The first-order valence-corrected chi connectivity index (χ1v) is 4.77. The Kier molecular flexibility index (Phi) is 4.42. The van der Waals surface area contributed by atoms with Crippen molar-refractivity contribution in [1.29, 1.82) is 0 Å². The molecule has 0 nitrogen and oxygen atoms in total. The number of benzene rings is 1. The Morgan fingerprint density at radius 3 is 2.71 bits per heavy atom. The molecular weight excluding hydrogens is 206 g/mol. The first-order chi connectivity index (χ1) is 6.74. The van der Waals surface area contributed by atoms with E-state index in [1.54, 1.807) is 0 Å². The maximum absolute atomic E-state index is 13.0. The highest BCUT2D eigenvalue weighted by Crippen LogP contribution is 2.07. The summed E-state index contributed by atoms with van der Waals surface area (Å²) in [5, 5.41) is 0. The lowest BCUT2D eigenvalue weighted by Crippen LogP contribution is -1.85. The van der Waals surface area contributed by atoms with Gasteiger partial charge in [-0.25, -0.2) is 8.78 Å². The van der Waals surface area contributed by atoms with Crippen LogP contribution in [-0.4, -0.2) is 5.88 Å². The van der Waals surface area contributed by atoms with E-state index in [9.17, 15) is 8.78 Å². The normalized spacial score (nSPS) is 9.36. The summed E-state index contributed by atoms with van der Waals surface area (Å²) < 4.78 is 25.5. The van der Waals surface area contributed by atoms with Crippen molar-refractivity contribution >= 4 is 11.6 Å². The van der Waals surface area contributed by atoms with E-state index in [4.69, 9.17) is 11.6 Å². The standard InChI is InChI=1S/C11H9ClF2/c12-7-3-1-2-4-9-5-6-10(13)8-11(9)14/h5-6,8H,1,3,7H2. The Bertz CT molecular complexity index is 363. The fourth-order valence-electron chi connectivity index (χ4n) is 0.904. The van der Waals surface area contributed by atoms with Gasteiger partial charge in [-0.2, -0.15) is 0 Å². The molecule has 0 radical (unpaired) electrons. The van der Waals surface area contributed by atoms with Crippen LogP contribution >= 0.6 is 11.6 Å². The zero-order valence-electron chi connectivity index (χ0n) is 7.49. The third kappa shape index (κ3) is 3.35. The summed E-state index contributed by atoms with van der Waals surface area (Å²) in [5.41, 5.74) is 0.223. The second-order valence-corrected chi connectivity index (χ2v) is 3.10. The Balaban J connectivity index is 2.70. The summed E-state index contributed by atoms with van der Waals surface area (Å²) in [7, 11) is 0. The van der Waals surface area contributed by atoms with Crippen molar-refractivity contribution in [3.05, 3.63) is 35.4 Å². The van der Waals surface area contributed by atoms with Crippen LogP contribution < -0.4 is 0 Å². The molecule has 1 aromatic carbocycles. The maximum atomic E-state index is 13.0. The van der Waals surface area contributed by atoms with Crippen molar-refractivity contribution in [2.45, 2.75) is 12.8 Å². The van der Waals surface area contributed by atoms with Crippen molar-refractivity contribution in [3.63, 3.8) is 0 Å². The molecule has 0 spiro atoms. The van der Waals surface area contributed by atoms with E-state index in [-0.39, 0.29) is 5.56 Å². The molecule has 3 heteroatoms. The van der Waals surface area contributed by atoms with Gasteiger partial charge in [-0.3, -0.25) is 0 Å². The van der Waals surface area contributed by atoms with Crippen LogP contribution in [0.15, 0.2) is 18.2 Å². The highest BCUT2D eigenvalue weighted by molar-refractivity contribution is 6.17. The third-order valence-corrected chi connectivity index (χ3v) is 1.86. The van der Waals surface area contributed by atoms with Crippen LogP contribution in [0.1, 0.15) is 18.4 Å². The molecule has 1 rings (SSSR count). The minimum absolute atomic E-state index is 0.223. The van der Waals surface area contributed by atoms with E-state index >= 15 is 0 Å². The molecule has 0 fully saturated rings. The largest absolute Gasteiger partial charge is 0.207 e. The number of halogens is 3. The van der Waals surface area contributed by atoms with Gasteiger partial charge in [0.2, 0.25) is 0 Å². The van der Waals surface area contributed by atoms with Crippen LogP contribution in [0.3, 0.4) is 0 Å². The summed E-state index contributed by atoms with van der Waals surface area (Å²) in [6, 6.07) is 3.35. The number of hydrogen-bond acceptors (Lipinski definition) is 0. The molecular formula is C11H9ClF2. The molecule has 1 aromatic rings. The van der Waals surface area contributed by atoms with Gasteiger partial charge in [-0.05, 0) is 18.6 Å². The predicted molar refractivity (Wildman–Crippen MR) is 53.2 cm³/mol. The van der Waals surface area contributed by atoms with Gasteiger partial charge in [0.25, 0.3) is 0 Å². The second kappa shape index (κ2) is 5.62. The second-order valence-electron chi connectivity index (χ2n) is 2.72. The molecule has 0 heterocycles. The Morgan fingerprint density at radius 1 is 1.29 bits per heavy atom. The van der Waals surface area contributed by atoms with Crippen LogP contribution in [0.25, 0.3) is 0 Å². The summed E-state index contributed by atoms with van der Waals surface area (Å²) in [5.74, 6) is 4.72. The van der Waals surface area contributed by atoms with Crippen LogP contribution in [0.2, 0.25) is 0 Å². The number of rotatable bonds is 2. The highest BCUT2D eigenvalue weighted by Gasteiger charge is 1.99. The van der Waals surface area contributed by atoms with Crippen molar-refractivity contribution in [2.24, 2.45) is 0 Å². The Hall–Kier alpha value is -1.07. The van der Waals surface area contributed by atoms with E-state index in [0.29, 0.717) is 12.3 Å². The van der Waals surface area contributed by atoms with Gasteiger partial charge in [-0.15, -0.1) is 11.6 Å². The lowest BCUT2D eigenvalue weighted by atomic mass is 10.2. The van der Waals surface area contributed by atoms with Crippen LogP contribution in [0.4, 0.5) is 8.78 Å². The van der Waals surface area contributed by atoms with E-state index in [1.807, 2.05) is 0 Å². The summed E-state index contributed by atoms with van der Waals surface area (Å²) in [6.07, 6.45) is 1.40. The number of alkyl halides is 1. The predicted octanol–water partition coefficient (Wildman–Crippen LogP) is 3.34. The molecule has 0 aliphatic rings. The zero-order chi connectivity index (χ0) is 10.4. The Morgan fingerprint density at radius 2 is 2.07 bits per heavy atom. The summed E-state index contributed by atoms with van der Waals surface area (Å²) in [4.78, 5) is 0. The topological polar surface area (TPSA) is 0 Å². The van der Waals surface area contributed by atoms with E-state index < -0.39 is 11.6 Å². The van der Waals surface area contributed by atoms with Crippen molar-refractivity contribution in [3.8, 4) is 11.8 Å². The average Bonchev–Trinajstić information content (AvgIpc) is 2.15.